The minimum atomic E-state index is -1.08. The Morgan fingerprint density at radius 2 is 2.07 bits per heavy atom. The third kappa shape index (κ3) is 2.13. The molecule has 1 unspecified atom stereocenters. The zero-order chi connectivity index (χ0) is 11.7. The Bertz CT molecular complexity index is 418. The number of benzene rings is 1. The van der Waals surface area contributed by atoms with Crippen molar-refractivity contribution in [3.05, 3.63) is 27.2 Å². The molecule has 1 rings (SSSR count). The number of carboxylic acids is 1. The van der Waals surface area contributed by atoms with E-state index in [9.17, 15) is 9.90 Å². The lowest BCUT2D eigenvalue weighted by molar-refractivity contribution is -0.138. The molecule has 0 saturated heterocycles. The van der Waals surface area contributed by atoms with Crippen LogP contribution in [0.4, 0.5) is 0 Å². The second-order valence-electron chi connectivity index (χ2n) is 3.38. The zero-order valence-corrected chi connectivity index (χ0v) is 10.00. The Kier molecular flexibility index (Phi) is 3.36. The maximum absolute atomic E-state index is 10.8. The van der Waals surface area contributed by atoms with Crippen LogP contribution in [0.1, 0.15) is 22.7 Å². The van der Waals surface area contributed by atoms with Crippen LogP contribution in [0.25, 0.3) is 0 Å². The van der Waals surface area contributed by atoms with Crippen molar-refractivity contribution in [2.45, 2.75) is 19.9 Å². The van der Waals surface area contributed by atoms with Crippen LogP contribution in [-0.2, 0) is 4.79 Å². The summed E-state index contributed by atoms with van der Waals surface area (Å²) in [6.07, 6.45) is 0. The van der Waals surface area contributed by atoms with Crippen molar-refractivity contribution in [2.24, 2.45) is 5.73 Å². The van der Waals surface area contributed by atoms with Crippen molar-refractivity contribution in [3.8, 4) is 5.75 Å². The van der Waals surface area contributed by atoms with Crippen LogP contribution in [-0.4, -0.2) is 16.2 Å². The van der Waals surface area contributed by atoms with E-state index in [4.69, 9.17) is 10.8 Å². The summed E-state index contributed by atoms with van der Waals surface area (Å²) in [6.45, 7) is 3.44. The lowest BCUT2D eigenvalue weighted by Crippen LogP contribution is -2.22. The number of rotatable bonds is 2. The lowest BCUT2D eigenvalue weighted by Gasteiger charge is -2.16. The van der Waals surface area contributed by atoms with Gasteiger partial charge in [0, 0.05) is 0 Å². The normalized spacial score (nSPS) is 12.5. The maximum atomic E-state index is 10.8. The fraction of sp³-hybridized carbons (Fsp3) is 0.300. The average molecular weight is 274 g/mol. The molecule has 0 aliphatic carbocycles. The van der Waals surface area contributed by atoms with Gasteiger partial charge in [0.1, 0.15) is 11.8 Å². The van der Waals surface area contributed by atoms with Crippen molar-refractivity contribution in [2.75, 3.05) is 0 Å². The van der Waals surface area contributed by atoms with Crippen LogP contribution in [0.3, 0.4) is 0 Å². The van der Waals surface area contributed by atoms with Gasteiger partial charge in [-0.1, -0.05) is 0 Å². The molecule has 0 saturated carbocycles. The zero-order valence-electron chi connectivity index (χ0n) is 8.41. The molecule has 4 N–H and O–H groups in total. The second kappa shape index (κ2) is 4.20. The largest absolute Gasteiger partial charge is 0.507 e. The molecule has 0 aliphatic rings. The van der Waals surface area contributed by atoms with E-state index in [2.05, 4.69) is 15.9 Å². The van der Waals surface area contributed by atoms with E-state index >= 15 is 0 Å². The van der Waals surface area contributed by atoms with Crippen LogP contribution in [0.15, 0.2) is 10.5 Å². The number of aryl methyl sites for hydroxylation is 1. The smallest absolute Gasteiger partial charge is 0.325 e. The molecule has 0 radical (unpaired) electrons. The number of aliphatic carboxylic acids is 1. The molecule has 82 valence electrons. The van der Waals surface area contributed by atoms with Crippen LogP contribution >= 0.6 is 15.9 Å². The molecule has 1 aromatic carbocycles. The SMILES string of the molecule is Cc1cc(O)c(Br)c(C)c1C(N)C(=O)O. The number of halogens is 1. The Balaban J connectivity index is 3.42. The molecule has 0 amide bonds. The number of carboxylic acid groups (broad SMARTS) is 1. The Labute approximate surface area is 95.8 Å². The van der Waals surface area contributed by atoms with Crippen LogP contribution in [0, 0.1) is 13.8 Å². The number of phenols is 1. The van der Waals surface area contributed by atoms with Crippen LogP contribution in [0.5, 0.6) is 5.75 Å². The van der Waals surface area contributed by atoms with Gasteiger partial charge in [-0.25, -0.2) is 0 Å². The quantitative estimate of drug-likeness (QED) is 0.768. The summed E-state index contributed by atoms with van der Waals surface area (Å²) in [5, 5.41) is 18.3. The molecule has 0 aromatic heterocycles. The molecule has 0 heterocycles. The molecule has 0 spiro atoms. The summed E-state index contributed by atoms with van der Waals surface area (Å²) < 4.78 is 0.486. The fourth-order valence-electron chi connectivity index (χ4n) is 1.55. The van der Waals surface area contributed by atoms with E-state index in [1.807, 2.05) is 0 Å². The Hall–Kier alpha value is -1.07. The first kappa shape index (κ1) is 12.0. The highest BCUT2D eigenvalue weighted by atomic mass is 79.9. The summed E-state index contributed by atoms with van der Waals surface area (Å²) >= 11 is 3.18. The number of nitrogens with two attached hydrogens (primary N) is 1. The van der Waals surface area contributed by atoms with Crippen molar-refractivity contribution in [3.63, 3.8) is 0 Å². The maximum Gasteiger partial charge on any atom is 0.325 e. The first-order valence-electron chi connectivity index (χ1n) is 4.33. The van der Waals surface area contributed by atoms with Gasteiger partial charge in [-0.15, -0.1) is 0 Å². The number of hydrogen-bond acceptors (Lipinski definition) is 3. The summed E-state index contributed by atoms with van der Waals surface area (Å²) in [6, 6.07) is 0.428. The lowest BCUT2D eigenvalue weighted by atomic mass is 9.96. The molecule has 15 heavy (non-hydrogen) atoms. The second-order valence-corrected chi connectivity index (χ2v) is 4.17. The van der Waals surface area contributed by atoms with Crippen LogP contribution in [0.2, 0.25) is 0 Å². The van der Waals surface area contributed by atoms with Gasteiger partial charge in [0.05, 0.1) is 4.47 Å². The van der Waals surface area contributed by atoms with Gasteiger partial charge in [0.25, 0.3) is 0 Å². The van der Waals surface area contributed by atoms with Gasteiger partial charge in [-0.05, 0) is 52.5 Å². The first-order valence-corrected chi connectivity index (χ1v) is 5.12. The third-order valence-corrected chi connectivity index (χ3v) is 3.31. The molecular formula is C10H12BrNO3. The van der Waals surface area contributed by atoms with Gasteiger partial charge >= 0.3 is 5.97 Å². The van der Waals surface area contributed by atoms with Gasteiger partial charge < -0.3 is 15.9 Å². The topological polar surface area (TPSA) is 83.5 Å². The summed E-state index contributed by atoms with van der Waals surface area (Å²) in [5.41, 5.74) is 7.42. The Morgan fingerprint density at radius 3 is 2.53 bits per heavy atom. The standard InChI is InChI=1S/C10H12BrNO3/c1-4-3-6(13)8(11)5(2)7(4)9(12)10(14)15/h3,9,13H,12H2,1-2H3,(H,14,15). The Morgan fingerprint density at radius 1 is 1.53 bits per heavy atom. The highest BCUT2D eigenvalue weighted by Crippen LogP contribution is 2.34. The van der Waals surface area contributed by atoms with Gasteiger partial charge in [-0.2, -0.15) is 0 Å². The van der Waals surface area contributed by atoms with Crippen molar-refractivity contribution in [1.82, 2.24) is 0 Å². The summed E-state index contributed by atoms with van der Waals surface area (Å²) in [7, 11) is 0. The highest BCUT2D eigenvalue weighted by molar-refractivity contribution is 9.10. The van der Waals surface area contributed by atoms with Crippen molar-refractivity contribution in [1.29, 1.82) is 0 Å². The average Bonchev–Trinajstić information content (AvgIpc) is 2.14. The minimum absolute atomic E-state index is 0.0892. The molecule has 1 aromatic rings. The molecule has 4 nitrogen and oxygen atoms in total. The summed E-state index contributed by atoms with van der Waals surface area (Å²) in [4.78, 5) is 10.8. The van der Waals surface area contributed by atoms with E-state index in [0.717, 1.165) is 0 Å². The molecule has 1 atom stereocenters. The van der Waals surface area contributed by atoms with Crippen molar-refractivity contribution < 1.29 is 15.0 Å². The van der Waals surface area contributed by atoms with Gasteiger partial charge in [0.2, 0.25) is 0 Å². The number of aromatic hydroxyl groups is 1. The molecule has 5 heteroatoms. The minimum Gasteiger partial charge on any atom is -0.507 e. The highest BCUT2D eigenvalue weighted by Gasteiger charge is 2.21. The molecular weight excluding hydrogens is 262 g/mol. The molecule has 0 aliphatic heterocycles. The fourth-order valence-corrected chi connectivity index (χ4v) is 1.88. The number of carbonyl (C=O) groups is 1. The van der Waals surface area contributed by atoms with E-state index in [-0.39, 0.29) is 5.75 Å². The monoisotopic (exact) mass is 273 g/mol. The first-order chi connectivity index (χ1) is 6.86. The predicted octanol–water partition coefficient (Wildman–Crippen LogP) is 1.86. The number of hydrogen-bond donors (Lipinski definition) is 3. The van der Waals surface area contributed by atoms with E-state index in [1.165, 1.54) is 6.07 Å². The van der Waals surface area contributed by atoms with Crippen LogP contribution < -0.4 is 5.73 Å². The molecule has 0 fully saturated rings. The summed E-state index contributed by atoms with van der Waals surface area (Å²) in [5.74, 6) is -0.995. The van der Waals surface area contributed by atoms with Crippen molar-refractivity contribution >= 4 is 21.9 Å². The number of phenolic OH excluding ortho intramolecular Hbond substituents is 1. The van der Waals surface area contributed by atoms with E-state index in [0.29, 0.717) is 21.2 Å². The molecule has 0 bridgehead atoms. The van der Waals surface area contributed by atoms with E-state index in [1.54, 1.807) is 13.8 Å². The van der Waals surface area contributed by atoms with Gasteiger partial charge in [-0.3, -0.25) is 4.79 Å². The predicted molar refractivity (Wildman–Crippen MR) is 59.8 cm³/mol. The van der Waals surface area contributed by atoms with Gasteiger partial charge in [0.15, 0.2) is 0 Å². The third-order valence-electron chi connectivity index (χ3n) is 2.31. The van der Waals surface area contributed by atoms with E-state index < -0.39 is 12.0 Å².